The molecule has 0 aliphatic rings. The van der Waals surface area contributed by atoms with Crippen molar-refractivity contribution in [2.24, 2.45) is 0 Å². The van der Waals surface area contributed by atoms with Crippen LogP contribution in [0.4, 0.5) is 0 Å². The number of phenols is 2. The van der Waals surface area contributed by atoms with Gasteiger partial charge in [0, 0.05) is 16.3 Å². The van der Waals surface area contributed by atoms with Crippen LogP contribution >= 0.6 is 0 Å². The van der Waals surface area contributed by atoms with Gasteiger partial charge in [-0.3, -0.25) is 0 Å². The van der Waals surface area contributed by atoms with Gasteiger partial charge in [0.05, 0.1) is 5.52 Å². The van der Waals surface area contributed by atoms with Gasteiger partial charge in [-0.1, -0.05) is 6.07 Å². The minimum absolute atomic E-state index is 0.0873. The van der Waals surface area contributed by atoms with Gasteiger partial charge in [0.2, 0.25) is 0 Å². The zero-order valence-corrected chi connectivity index (χ0v) is 9.70. The van der Waals surface area contributed by atoms with Gasteiger partial charge in [0.25, 0.3) is 0 Å². The Bertz CT molecular complexity index is 741. The molecule has 0 radical (unpaired) electrons. The van der Waals surface area contributed by atoms with E-state index in [1.807, 2.05) is 26.0 Å². The van der Waals surface area contributed by atoms with E-state index in [-0.39, 0.29) is 11.5 Å². The fraction of sp³-hybridized carbons (Fsp3) is 0.143. The minimum atomic E-state index is -0.0987. The van der Waals surface area contributed by atoms with E-state index in [1.54, 1.807) is 0 Å². The molecule has 3 aromatic rings. The lowest BCUT2D eigenvalue weighted by Gasteiger charge is -2.00. The van der Waals surface area contributed by atoms with Gasteiger partial charge in [-0.25, -0.2) is 0 Å². The normalized spacial score (nSPS) is 11.4. The molecule has 3 heteroatoms. The summed E-state index contributed by atoms with van der Waals surface area (Å²) < 4.78 is 0. The Kier molecular flexibility index (Phi) is 1.87. The van der Waals surface area contributed by atoms with Crippen LogP contribution in [0.1, 0.15) is 11.1 Å². The van der Waals surface area contributed by atoms with Crippen molar-refractivity contribution in [2.75, 3.05) is 0 Å². The van der Waals surface area contributed by atoms with E-state index in [1.165, 1.54) is 11.6 Å². The first kappa shape index (κ1) is 10.0. The van der Waals surface area contributed by atoms with Crippen molar-refractivity contribution in [1.82, 2.24) is 4.98 Å². The van der Waals surface area contributed by atoms with Crippen LogP contribution in [0, 0.1) is 13.8 Å². The standard InChI is InChI=1S/C14H13NO2/c1-7-5-8(2)12-9-3-4-11(16)14(17)13(9)15-10(12)6-7/h3-6,15-17H,1-2H3. The van der Waals surface area contributed by atoms with Gasteiger partial charge >= 0.3 is 0 Å². The van der Waals surface area contributed by atoms with Crippen LogP contribution in [0.5, 0.6) is 11.5 Å². The number of benzene rings is 2. The van der Waals surface area contributed by atoms with Crippen LogP contribution in [-0.2, 0) is 0 Å². The van der Waals surface area contributed by atoms with Crippen LogP contribution < -0.4 is 0 Å². The van der Waals surface area contributed by atoms with E-state index in [0.717, 1.165) is 21.9 Å². The van der Waals surface area contributed by atoms with E-state index in [9.17, 15) is 10.2 Å². The topological polar surface area (TPSA) is 56.2 Å². The Morgan fingerprint density at radius 3 is 2.59 bits per heavy atom. The number of aromatic amines is 1. The highest BCUT2D eigenvalue weighted by atomic mass is 16.3. The summed E-state index contributed by atoms with van der Waals surface area (Å²) in [5.41, 5.74) is 3.91. The molecular weight excluding hydrogens is 214 g/mol. The van der Waals surface area contributed by atoms with Crippen molar-refractivity contribution in [3.63, 3.8) is 0 Å². The number of hydrogen-bond acceptors (Lipinski definition) is 2. The molecule has 0 atom stereocenters. The molecule has 0 aliphatic heterocycles. The van der Waals surface area contributed by atoms with E-state index in [4.69, 9.17) is 0 Å². The summed E-state index contributed by atoms with van der Waals surface area (Å²) in [7, 11) is 0. The van der Waals surface area contributed by atoms with E-state index in [0.29, 0.717) is 5.52 Å². The maximum Gasteiger partial charge on any atom is 0.182 e. The summed E-state index contributed by atoms with van der Waals surface area (Å²) in [5, 5.41) is 21.4. The molecule has 0 spiro atoms. The van der Waals surface area contributed by atoms with Gasteiger partial charge in [0.1, 0.15) is 0 Å². The predicted octanol–water partition coefficient (Wildman–Crippen LogP) is 3.35. The molecule has 0 amide bonds. The Morgan fingerprint density at radius 1 is 1.06 bits per heavy atom. The predicted molar refractivity (Wildman–Crippen MR) is 68.6 cm³/mol. The van der Waals surface area contributed by atoms with Gasteiger partial charge < -0.3 is 15.2 Å². The zero-order valence-electron chi connectivity index (χ0n) is 9.70. The van der Waals surface area contributed by atoms with Crippen LogP contribution in [0.2, 0.25) is 0 Å². The highest BCUT2D eigenvalue weighted by Gasteiger charge is 2.12. The molecule has 0 saturated heterocycles. The first-order valence-electron chi connectivity index (χ1n) is 5.51. The molecule has 1 aromatic heterocycles. The van der Waals surface area contributed by atoms with Crippen LogP contribution in [0.25, 0.3) is 21.8 Å². The second kappa shape index (κ2) is 3.17. The maximum absolute atomic E-state index is 9.84. The number of H-pyrrole nitrogens is 1. The summed E-state index contributed by atoms with van der Waals surface area (Å²) in [6, 6.07) is 7.49. The quantitative estimate of drug-likeness (QED) is 0.516. The Labute approximate surface area is 98.3 Å². The molecule has 3 rings (SSSR count). The van der Waals surface area contributed by atoms with Gasteiger partial charge in [-0.05, 0) is 43.2 Å². The summed E-state index contributed by atoms with van der Waals surface area (Å²) in [5.74, 6) is -0.186. The Hall–Kier alpha value is -2.16. The van der Waals surface area contributed by atoms with Crippen LogP contribution in [0.3, 0.4) is 0 Å². The summed E-state index contributed by atoms with van der Waals surface area (Å²) in [4.78, 5) is 3.16. The van der Waals surface area contributed by atoms with Crippen molar-refractivity contribution in [3.05, 3.63) is 35.4 Å². The highest BCUT2D eigenvalue weighted by Crippen LogP contribution is 2.38. The largest absolute Gasteiger partial charge is 0.504 e. The van der Waals surface area contributed by atoms with Crippen LogP contribution in [0.15, 0.2) is 24.3 Å². The summed E-state index contributed by atoms with van der Waals surface area (Å²) in [6.07, 6.45) is 0. The SMILES string of the molecule is Cc1cc(C)c2c(c1)[nH]c1c(O)c(O)ccc12. The number of fused-ring (bicyclic) bond motifs is 3. The van der Waals surface area contributed by atoms with Crippen molar-refractivity contribution in [1.29, 1.82) is 0 Å². The Morgan fingerprint density at radius 2 is 1.82 bits per heavy atom. The van der Waals surface area contributed by atoms with Gasteiger partial charge in [-0.2, -0.15) is 0 Å². The third-order valence-corrected chi connectivity index (χ3v) is 3.17. The van der Waals surface area contributed by atoms with Crippen LogP contribution in [-0.4, -0.2) is 15.2 Å². The molecule has 3 N–H and O–H groups in total. The Balaban J connectivity index is 2.59. The summed E-state index contributed by atoms with van der Waals surface area (Å²) >= 11 is 0. The minimum Gasteiger partial charge on any atom is -0.504 e. The molecule has 0 bridgehead atoms. The molecular formula is C14H13NO2. The molecule has 0 unspecified atom stereocenters. The first-order chi connectivity index (χ1) is 8.08. The van der Waals surface area contributed by atoms with Gasteiger partial charge in [0.15, 0.2) is 11.5 Å². The lowest BCUT2D eigenvalue weighted by molar-refractivity contribution is 0.407. The molecule has 0 fully saturated rings. The monoisotopic (exact) mass is 227 g/mol. The number of hydrogen-bond donors (Lipinski definition) is 3. The molecule has 3 nitrogen and oxygen atoms in total. The number of aryl methyl sites for hydroxylation is 2. The fourth-order valence-corrected chi connectivity index (χ4v) is 2.47. The number of phenolic OH excluding ortho intramolecular Hbond substituents is 2. The second-order valence-electron chi connectivity index (χ2n) is 4.49. The lowest BCUT2D eigenvalue weighted by atomic mass is 10.0. The van der Waals surface area contributed by atoms with E-state index < -0.39 is 0 Å². The molecule has 1 heterocycles. The third kappa shape index (κ3) is 1.29. The van der Waals surface area contributed by atoms with Crippen molar-refractivity contribution < 1.29 is 10.2 Å². The number of rotatable bonds is 0. The molecule has 2 aromatic carbocycles. The zero-order chi connectivity index (χ0) is 12.2. The fourth-order valence-electron chi connectivity index (χ4n) is 2.47. The maximum atomic E-state index is 9.84. The number of nitrogens with one attached hydrogen (secondary N) is 1. The number of aromatic hydroxyl groups is 2. The summed E-state index contributed by atoms with van der Waals surface area (Å²) in [6.45, 7) is 4.09. The van der Waals surface area contributed by atoms with E-state index in [2.05, 4.69) is 11.1 Å². The molecule has 0 saturated carbocycles. The average Bonchev–Trinajstić information content (AvgIpc) is 2.62. The lowest BCUT2D eigenvalue weighted by Crippen LogP contribution is -1.78. The second-order valence-corrected chi connectivity index (χ2v) is 4.49. The third-order valence-electron chi connectivity index (χ3n) is 3.17. The first-order valence-corrected chi connectivity index (χ1v) is 5.51. The van der Waals surface area contributed by atoms with E-state index >= 15 is 0 Å². The smallest absolute Gasteiger partial charge is 0.182 e. The van der Waals surface area contributed by atoms with Crippen molar-refractivity contribution in [3.8, 4) is 11.5 Å². The number of aromatic nitrogens is 1. The van der Waals surface area contributed by atoms with Crippen molar-refractivity contribution in [2.45, 2.75) is 13.8 Å². The molecule has 86 valence electrons. The highest BCUT2D eigenvalue weighted by molar-refractivity contribution is 6.11. The average molecular weight is 227 g/mol. The molecule has 17 heavy (non-hydrogen) atoms. The van der Waals surface area contributed by atoms with Crippen molar-refractivity contribution >= 4 is 21.8 Å². The van der Waals surface area contributed by atoms with Gasteiger partial charge in [-0.15, -0.1) is 0 Å². The molecule has 0 aliphatic carbocycles.